The SMILES string of the molecule is Cc1ccc(N=Nc2c(-c3ccccn3)[nH]oc2=O)cc1. The maximum atomic E-state index is 11.7. The average Bonchev–Trinajstić information content (AvgIpc) is 2.89. The second-order valence-electron chi connectivity index (χ2n) is 4.47. The van der Waals surface area contributed by atoms with Crippen LogP contribution in [0, 0.1) is 6.92 Å². The van der Waals surface area contributed by atoms with Gasteiger partial charge in [0.2, 0.25) is 5.69 Å². The lowest BCUT2D eigenvalue weighted by molar-refractivity contribution is 0.394. The molecule has 0 aliphatic carbocycles. The van der Waals surface area contributed by atoms with E-state index < -0.39 is 5.63 Å². The van der Waals surface area contributed by atoms with Crippen molar-refractivity contribution in [3.8, 4) is 11.4 Å². The molecule has 21 heavy (non-hydrogen) atoms. The lowest BCUT2D eigenvalue weighted by atomic mass is 10.2. The van der Waals surface area contributed by atoms with E-state index in [-0.39, 0.29) is 5.69 Å². The minimum absolute atomic E-state index is 0.106. The van der Waals surface area contributed by atoms with E-state index in [1.54, 1.807) is 18.3 Å². The van der Waals surface area contributed by atoms with Crippen LogP contribution in [0.3, 0.4) is 0 Å². The van der Waals surface area contributed by atoms with Crippen molar-refractivity contribution in [2.75, 3.05) is 0 Å². The molecule has 0 fully saturated rings. The number of nitrogens with one attached hydrogen (secondary N) is 1. The number of pyridine rings is 1. The van der Waals surface area contributed by atoms with Crippen molar-refractivity contribution >= 4 is 11.4 Å². The maximum Gasteiger partial charge on any atom is 0.385 e. The van der Waals surface area contributed by atoms with Crippen molar-refractivity contribution in [3.05, 3.63) is 64.6 Å². The number of aryl methyl sites for hydroxylation is 1. The Hall–Kier alpha value is -3.02. The summed E-state index contributed by atoms with van der Waals surface area (Å²) < 4.78 is 4.78. The van der Waals surface area contributed by atoms with E-state index in [2.05, 4.69) is 20.4 Å². The first-order valence-electron chi connectivity index (χ1n) is 6.35. The third-order valence-corrected chi connectivity index (χ3v) is 2.90. The van der Waals surface area contributed by atoms with E-state index in [0.717, 1.165) is 5.56 Å². The van der Waals surface area contributed by atoms with Crippen molar-refractivity contribution in [2.24, 2.45) is 10.2 Å². The van der Waals surface area contributed by atoms with Gasteiger partial charge in [-0.2, -0.15) is 5.11 Å². The number of nitrogens with zero attached hydrogens (tertiary/aromatic N) is 3. The first-order chi connectivity index (χ1) is 10.2. The Balaban J connectivity index is 1.98. The molecule has 0 saturated carbocycles. The van der Waals surface area contributed by atoms with Gasteiger partial charge in [0.05, 0.1) is 11.4 Å². The Kier molecular flexibility index (Phi) is 3.42. The molecule has 0 radical (unpaired) electrons. The summed E-state index contributed by atoms with van der Waals surface area (Å²) in [6, 6.07) is 12.9. The van der Waals surface area contributed by atoms with E-state index in [0.29, 0.717) is 17.1 Å². The maximum absolute atomic E-state index is 11.7. The van der Waals surface area contributed by atoms with E-state index >= 15 is 0 Å². The van der Waals surface area contributed by atoms with Gasteiger partial charge >= 0.3 is 5.63 Å². The Morgan fingerprint density at radius 1 is 1.10 bits per heavy atom. The van der Waals surface area contributed by atoms with Crippen LogP contribution in [0.25, 0.3) is 11.4 Å². The number of azo groups is 1. The summed E-state index contributed by atoms with van der Waals surface area (Å²) in [6.45, 7) is 1.99. The zero-order valence-electron chi connectivity index (χ0n) is 11.3. The third kappa shape index (κ3) is 2.79. The van der Waals surface area contributed by atoms with Crippen molar-refractivity contribution in [2.45, 2.75) is 6.92 Å². The Bertz CT molecular complexity index is 817. The van der Waals surface area contributed by atoms with Crippen molar-refractivity contribution in [3.63, 3.8) is 0 Å². The van der Waals surface area contributed by atoms with Crippen LogP contribution < -0.4 is 5.63 Å². The van der Waals surface area contributed by atoms with E-state index in [4.69, 9.17) is 4.52 Å². The molecule has 0 saturated heterocycles. The molecule has 6 nitrogen and oxygen atoms in total. The molecule has 1 N–H and O–H groups in total. The lowest BCUT2D eigenvalue weighted by Crippen LogP contribution is -1.90. The van der Waals surface area contributed by atoms with Crippen molar-refractivity contribution in [1.82, 2.24) is 10.1 Å². The van der Waals surface area contributed by atoms with Gasteiger partial charge in [-0.05, 0) is 31.2 Å². The second kappa shape index (κ2) is 5.54. The molecule has 0 amide bonds. The number of benzene rings is 1. The molecule has 0 spiro atoms. The van der Waals surface area contributed by atoms with Gasteiger partial charge in [0, 0.05) is 6.20 Å². The highest BCUT2D eigenvalue weighted by molar-refractivity contribution is 5.67. The molecule has 104 valence electrons. The number of aromatic nitrogens is 2. The van der Waals surface area contributed by atoms with Crippen LogP contribution in [0.2, 0.25) is 0 Å². The standard InChI is InChI=1S/C15H12N4O2/c1-10-5-7-11(8-6-10)17-18-14-13(19-21-15(14)20)12-4-2-3-9-16-12/h2-9,19H,1H3. The molecule has 3 aromatic rings. The summed E-state index contributed by atoms with van der Waals surface area (Å²) in [5, 5.41) is 10.6. The molecule has 0 bridgehead atoms. The fraction of sp³-hybridized carbons (Fsp3) is 0.0667. The number of H-pyrrole nitrogens is 1. The Morgan fingerprint density at radius 3 is 2.62 bits per heavy atom. The van der Waals surface area contributed by atoms with Crippen LogP contribution in [-0.4, -0.2) is 10.1 Å². The van der Waals surface area contributed by atoms with Crippen LogP contribution in [0.15, 0.2) is 68.2 Å². The van der Waals surface area contributed by atoms with Gasteiger partial charge in [0.15, 0.2) is 0 Å². The van der Waals surface area contributed by atoms with E-state index in [9.17, 15) is 4.79 Å². The van der Waals surface area contributed by atoms with Crippen molar-refractivity contribution in [1.29, 1.82) is 0 Å². The molecule has 2 aromatic heterocycles. The highest BCUT2D eigenvalue weighted by atomic mass is 16.5. The summed E-state index contributed by atoms with van der Waals surface area (Å²) in [5.74, 6) is 0. The first kappa shape index (κ1) is 13.0. The van der Waals surface area contributed by atoms with Gasteiger partial charge < -0.3 is 4.52 Å². The van der Waals surface area contributed by atoms with Crippen LogP contribution in [0.1, 0.15) is 5.56 Å². The number of rotatable bonds is 3. The summed E-state index contributed by atoms with van der Waals surface area (Å²) in [7, 11) is 0. The molecule has 0 aliphatic rings. The molecule has 0 atom stereocenters. The molecular weight excluding hydrogens is 268 g/mol. The smallest absolute Gasteiger partial charge is 0.336 e. The fourth-order valence-electron chi connectivity index (χ4n) is 1.79. The van der Waals surface area contributed by atoms with Crippen LogP contribution >= 0.6 is 0 Å². The molecular formula is C15H12N4O2. The van der Waals surface area contributed by atoms with Gasteiger partial charge in [-0.25, -0.2) is 9.95 Å². The normalized spacial score (nSPS) is 11.1. The summed E-state index contributed by atoms with van der Waals surface area (Å²) in [4.78, 5) is 15.9. The fourth-order valence-corrected chi connectivity index (χ4v) is 1.79. The summed E-state index contributed by atoms with van der Waals surface area (Å²) >= 11 is 0. The molecule has 2 heterocycles. The second-order valence-corrected chi connectivity index (χ2v) is 4.47. The third-order valence-electron chi connectivity index (χ3n) is 2.90. The number of hydrogen-bond acceptors (Lipinski definition) is 5. The summed E-state index contributed by atoms with van der Waals surface area (Å²) in [6.07, 6.45) is 1.63. The Morgan fingerprint density at radius 2 is 1.90 bits per heavy atom. The minimum Gasteiger partial charge on any atom is -0.336 e. The predicted molar refractivity (Wildman–Crippen MR) is 77.9 cm³/mol. The first-order valence-corrected chi connectivity index (χ1v) is 6.35. The van der Waals surface area contributed by atoms with Crippen LogP contribution in [0.4, 0.5) is 11.4 Å². The van der Waals surface area contributed by atoms with Gasteiger partial charge in [-0.3, -0.25) is 4.98 Å². The number of aromatic amines is 1. The van der Waals surface area contributed by atoms with Crippen LogP contribution in [-0.2, 0) is 0 Å². The van der Waals surface area contributed by atoms with E-state index in [1.165, 1.54) is 0 Å². The minimum atomic E-state index is -0.577. The van der Waals surface area contributed by atoms with Gasteiger partial charge in [-0.15, -0.1) is 5.11 Å². The molecule has 0 unspecified atom stereocenters. The monoisotopic (exact) mass is 280 g/mol. The van der Waals surface area contributed by atoms with Gasteiger partial charge in [-0.1, -0.05) is 23.8 Å². The van der Waals surface area contributed by atoms with Crippen molar-refractivity contribution < 1.29 is 4.52 Å². The zero-order chi connectivity index (χ0) is 14.7. The van der Waals surface area contributed by atoms with Gasteiger partial charge in [0.25, 0.3) is 0 Å². The molecule has 3 rings (SSSR count). The predicted octanol–water partition coefficient (Wildman–Crippen LogP) is 3.75. The van der Waals surface area contributed by atoms with Gasteiger partial charge in [0.1, 0.15) is 5.69 Å². The largest absolute Gasteiger partial charge is 0.385 e. The molecule has 6 heteroatoms. The molecule has 0 aliphatic heterocycles. The summed E-state index contributed by atoms with van der Waals surface area (Å²) in [5.41, 5.74) is 2.30. The zero-order valence-corrected chi connectivity index (χ0v) is 11.3. The molecule has 1 aromatic carbocycles. The highest BCUT2D eigenvalue weighted by Crippen LogP contribution is 2.25. The lowest BCUT2D eigenvalue weighted by Gasteiger charge is -1.96. The van der Waals surface area contributed by atoms with Crippen LogP contribution in [0.5, 0.6) is 0 Å². The Labute approximate surface area is 120 Å². The number of hydrogen-bond donors (Lipinski definition) is 1. The van der Waals surface area contributed by atoms with E-state index in [1.807, 2.05) is 37.3 Å². The highest BCUT2D eigenvalue weighted by Gasteiger charge is 2.14. The quantitative estimate of drug-likeness (QED) is 0.741. The topological polar surface area (TPSA) is 83.6 Å². The average molecular weight is 280 g/mol.